The summed E-state index contributed by atoms with van der Waals surface area (Å²) >= 11 is 5.34. The Morgan fingerprint density at radius 1 is 1.17 bits per heavy atom. The molecule has 3 rings (SSSR count). The second-order valence-electron chi connectivity index (χ2n) is 6.76. The van der Waals surface area contributed by atoms with Gasteiger partial charge in [-0.05, 0) is 23.3 Å². The summed E-state index contributed by atoms with van der Waals surface area (Å²) in [4.78, 5) is 37.2. The monoisotopic (exact) mass is 423 g/mol. The Kier molecular flexibility index (Phi) is 6.92. The first-order valence-corrected chi connectivity index (χ1v) is 9.77. The number of carbonyl (C=O) groups is 2. The summed E-state index contributed by atoms with van der Waals surface area (Å²) in [5.74, 6) is -1.04. The predicted molar refractivity (Wildman–Crippen MR) is 119 cm³/mol. The highest BCUT2D eigenvalue weighted by Gasteiger charge is 2.19. The molecule has 0 bridgehead atoms. The Labute approximate surface area is 178 Å². The highest BCUT2D eigenvalue weighted by molar-refractivity contribution is 7.80. The molecule has 0 saturated carbocycles. The van der Waals surface area contributed by atoms with Gasteiger partial charge in [-0.25, -0.2) is 4.79 Å². The highest BCUT2D eigenvalue weighted by atomic mass is 32.1. The number of carbonyl (C=O) groups excluding carboxylic acids is 1. The van der Waals surface area contributed by atoms with Gasteiger partial charge < -0.3 is 20.3 Å². The molecule has 3 N–H and O–H groups in total. The third-order valence-electron chi connectivity index (χ3n) is 4.59. The maximum atomic E-state index is 12.8. The smallest absolute Gasteiger partial charge is 0.319 e. The first-order chi connectivity index (χ1) is 14.4. The van der Waals surface area contributed by atoms with Crippen molar-refractivity contribution in [2.75, 3.05) is 5.32 Å². The van der Waals surface area contributed by atoms with Crippen molar-refractivity contribution in [1.82, 2.24) is 9.88 Å². The van der Waals surface area contributed by atoms with Gasteiger partial charge in [-0.1, -0.05) is 60.8 Å². The number of thiocarbonyl (C=S) groups is 1. The lowest BCUT2D eigenvalue weighted by Crippen LogP contribution is -2.36. The molecule has 30 heavy (non-hydrogen) atoms. The number of nitrogens with one attached hydrogen (secondary N) is 2. The number of benzene rings is 1. The number of pyridine rings is 1. The van der Waals surface area contributed by atoms with Gasteiger partial charge in [0.05, 0.1) is 19.0 Å². The quantitative estimate of drug-likeness (QED) is 0.593. The Hall–Kier alpha value is -3.52. The van der Waals surface area contributed by atoms with E-state index in [4.69, 9.17) is 17.3 Å². The van der Waals surface area contributed by atoms with Crippen LogP contribution in [-0.4, -0.2) is 26.5 Å². The number of carboxylic acid groups (broad SMARTS) is 1. The van der Waals surface area contributed by atoms with Gasteiger partial charge in [0.1, 0.15) is 5.69 Å². The highest BCUT2D eigenvalue weighted by Crippen LogP contribution is 2.17. The normalized spacial score (nSPS) is 14.0. The van der Waals surface area contributed by atoms with Crippen molar-refractivity contribution in [2.24, 2.45) is 0 Å². The number of carboxylic acids is 1. The number of anilines is 1. The molecule has 0 radical (unpaired) electrons. The minimum absolute atomic E-state index is 0.0926. The van der Waals surface area contributed by atoms with Gasteiger partial charge in [-0.3, -0.25) is 9.59 Å². The van der Waals surface area contributed by atoms with E-state index >= 15 is 0 Å². The fraction of sp³-hybridized carbons (Fsp3) is 0.182. The fourth-order valence-electron chi connectivity index (χ4n) is 3.09. The lowest BCUT2D eigenvalue weighted by Gasteiger charge is -2.18. The van der Waals surface area contributed by atoms with Crippen molar-refractivity contribution in [3.63, 3.8) is 0 Å². The lowest BCUT2D eigenvalue weighted by atomic mass is 10.0. The van der Waals surface area contributed by atoms with Crippen LogP contribution in [0, 0.1) is 0 Å². The van der Waals surface area contributed by atoms with Crippen molar-refractivity contribution < 1.29 is 14.7 Å². The summed E-state index contributed by atoms with van der Waals surface area (Å²) in [6.45, 7) is 0.310. The van der Waals surface area contributed by atoms with Crippen LogP contribution in [0.25, 0.3) is 0 Å². The van der Waals surface area contributed by atoms with E-state index in [2.05, 4.69) is 10.6 Å². The zero-order chi connectivity index (χ0) is 21.5. The number of rotatable bonds is 7. The van der Waals surface area contributed by atoms with Crippen LogP contribution in [0.2, 0.25) is 0 Å². The van der Waals surface area contributed by atoms with Crippen LogP contribution in [0.5, 0.6) is 0 Å². The number of aromatic nitrogens is 1. The van der Waals surface area contributed by atoms with Crippen molar-refractivity contribution in [3.05, 3.63) is 88.4 Å². The summed E-state index contributed by atoms with van der Waals surface area (Å²) < 4.78 is 1.47. The molecule has 2 aromatic rings. The molecule has 1 aliphatic carbocycles. The van der Waals surface area contributed by atoms with Crippen molar-refractivity contribution >= 4 is 34.8 Å². The van der Waals surface area contributed by atoms with E-state index in [0.29, 0.717) is 18.5 Å². The van der Waals surface area contributed by atoms with Crippen molar-refractivity contribution in [1.29, 1.82) is 0 Å². The SMILES string of the molecule is O=C(O)C[C@H](NC(=O)Nc1cccn(CC2=CC=CCC2=S)c1=O)c1ccccc1. The maximum absolute atomic E-state index is 12.8. The summed E-state index contributed by atoms with van der Waals surface area (Å²) in [7, 11) is 0. The zero-order valence-electron chi connectivity index (χ0n) is 16.1. The van der Waals surface area contributed by atoms with Gasteiger partial charge in [0.2, 0.25) is 0 Å². The molecule has 0 aliphatic heterocycles. The Balaban J connectivity index is 1.73. The van der Waals surface area contributed by atoms with Gasteiger partial charge in [-0.15, -0.1) is 0 Å². The Morgan fingerprint density at radius 2 is 1.93 bits per heavy atom. The molecule has 0 fully saturated rings. The largest absolute Gasteiger partial charge is 0.481 e. The number of allylic oxidation sites excluding steroid dienone is 4. The predicted octanol–water partition coefficient (Wildman–Crippen LogP) is 3.44. The van der Waals surface area contributed by atoms with Gasteiger partial charge in [0, 0.05) is 17.5 Å². The standard InChI is InChI=1S/C22H21N3O4S/c26-20(27)13-18(15-7-2-1-3-8-15)24-22(29)23-17-10-6-12-25(21(17)28)14-16-9-4-5-11-19(16)30/h1-10,12,18H,11,13-14H2,(H,26,27)(H2,23,24,29)/t18-/m0/s1. The average Bonchev–Trinajstić information content (AvgIpc) is 2.72. The molecule has 0 unspecified atom stereocenters. The van der Waals surface area contributed by atoms with Crippen LogP contribution in [0.4, 0.5) is 10.5 Å². The molecular formula is C22H21N3O4S. The van der Waals surface area contributed by atoms with E-state index in [0.717, 1.165) is 10.4 Å². The molecule has 1 atom stereocenters. The minimum atomic E-state index is -1.04. The van der Waals surface area contributed by atoms with E-state index < -0.39 is 18.0 Å². The molecular weight excluding hydrogens is 402 g/mol. The first-order valence-electron chi connectivity index (χ1n) is 9.36. The van der Waals surface area contributed by atoms with E-state index in [1.165, 1.54) is 10.6 Å². The van der Waals surface area contributed by atoms with Crippen LogP contribution >= 0.6 is 12.2 Å². The number of hydrogen-bond donors (Lipinski definition) is 3. The Bertz CT molecular complexity index is 1070. The summed E-state index contributed by atoms with van der Waals surface area (Å²) in [5.41, 5.74) is 1.25. The first kappa shape index (κ1) is 21.2. The van der Waals surface area contributed by atoms with Gasteiger partial charge in [-0.2, -0.15) is 0 Å². The van der Waals surface area contributed by atoms with Crippen LogP contribution in [0.1, 0.15) is 24.4 Å². The molecule has 8 heteroatoms. The summed E-state index contributed by atoms with van der Waals surface area (Å²) in [6.07, 6.45) is 7.75. The molecule has 1 aromatic heterocycles. The van der Waals surface area contributed by atoms with Gasteiger partial charge in [0.25, 0.3) is 5.56 Å². The molecule has 1 aromatic carbocycles. The molecule has 0 saturated heterocycles. The second-order valence-corrected chi connectivity index (χ2v) is 7.25. The zero-order valence-corrected chi connectivity index (χ0v) is 16.9. The summed E-state index contributed by atoms with van der Waals surface area (Å²) in [6, 6.07) is 10.6. The number of aliphatic carboxylic acids is 1. The molecule has 2 amide bonds. The molecule has 7 nitrogen and oxygen atoms in total. The minimum Gasteiger partial charge on any atom is -0.481 e. The number of nitrogens with zero attached hydrogens (tertiary/aromatic N) is 1. The number of urea groups is 1. The second kappa shape index (κ2) is 9.80. The fourth-order valence-corrected chi connectivity index (χ4v) is 3.32. The summed E-state index contributed by atoms with van der Waals surface area (Å²) in [5, 5.41) is 14.3. The molecule has 1 aliphatic rings. The molecule has 0 spiro atoms. The third kappa shape index (κ3) is 5.51. The van der Waals surface area contributed by atoms with Crippen LogP contribution in [0.15, 0.2) is 77.3 Å². The lowest BCUT2D eigenvalue weighted by molar-refractivity contribution is -0.137. The van der Waals surface area contributed by atoms with E-state index in [1.807, 2.05) is 18.2 Å². The number of amides is 2. The van der Waals surface area contributed by atoms with Gasteiger partial charge >= 0.3 is 12.0 Å². The third-order valence-corrected chi connectivity index (χ3v) is 5.02. The average molecular weight is 423 g/mol. The Morgan fingerprint density at radius 3 is 2.63 bits per heavy atom. The van der Waals surface area contributed by atoms with Crippen LogP contribution in [-0.2, 0) is 11.3 Å². The van der Waals surface area contributed by atoms with Crippen LogP contribution in [0.3, 0.4) is 0 Å². The van der Waals surface area contributed by atoms with Gasteiger partial charge in [0.15, 0.2) is 0 Å². The van der Waals surface area contributed by atoms with Crippen molar-refractivity contribution in [2.45, 2.75) is 25.4 Å². The van der Waals surface area contributed by atoms with E-state index in [1.54, 1.807) is 42.6 Å². The molecule has 1 heterocycles. The number of hydrogen-bond acceptors (Lipinski definition) is 4. The van der Waals surface area contributed by atoms with Crippen molar-refractivity contribution in [3.8, 4) is 0 Å². The van der Waals surface area contributed by atoms with Crippen LogP contribution < -0.4 is 16.2 Å². The van der Waals surface area contributed by atoms with E-state index in [9.17, 15) is 14.4 Å². The molecule has 154 valence electrons. The van der Waals surface area contributed by atoms with E-state index in [-0.39, 0.29) is 17.7 Å². The topological polar surface area (TPSA) is 100 Å². The maximum Gasteiger partial charge on any atom is 0.319 e.